The van der Waals surface area contributed by atoms with Crippen LogP contribution in [0, 0.1) is 10.1 Å². The number of ether oxygens (including phenoxy) is 1. The number of nitro groups is 1. The molecule has 8 nitrogen and oxygen atoms in total. The minimum atomic E-state index is -1.34. The molecule has 1 aliphatic rings. The molecule has 0 aromatic heterocycles. The number of nitrogens with zero attached hydrogens (tertiary/aromatic N) is 2. The molecule has 1 aliphatic heterocycles. The zero-order chi connectivity index (χ0) is 15.6. The SMILES string of the molecule is NC(=O)[C@@H]1C[C@H](F)CN1C(=O)Oc1ccc([N+](=O)[O-])cc1. The molecule has 0 spiro atoms. The van der Waals surface area contributed by atoms with Gasteiger partial charge in [0.25, 0.3) is 5.69 Å². The van der Waals surface area contributed by atoms with Gasteiger partial charge in [-0.15, -0.1) is 0 Å². The molecular weight excluding hydrogens is 285 g/mol. The van der Waals surface area contributed by atoms with E-state index in [1.54, 1.807) is 0 Å². The summed E-state index contributed by atoms with van der Waals surface area (Å²) in [5.41, 5.74) is 4.95. The highest BCUT2D eigenvalue weighted by molar-refractivity contribution is 5.85. The molecule has 2 rings (SSSR count). The van der Waals surface area contributed by atoms with Gasteiger partial charge >= 0.3 is 6.09 Å². The molecule has 1 aromatic rings. The van der Waals surface area contributed by atoms with E-state index in [-0.39, 0.29) is 24.4 Å². The van der Waals surface area contributed by atoms with Crippen molar-refractivity contribution in [1.29, 1.82) is 0 Å². The lowest BCUT2D eigenvalue weighted by atomic mass is 10.2. The number of hydrogen-bond acceptors (Lipinski definition) is 5. The number of rotatable bonds is 3. The number of carbonyl (C=O) groups excluding carboxylic acids is 2. The summed E-state index contributed by atoms with van der Waals surface area (Å²) in [7, 11) is 0. The first-order valence-corrected chi connectivity index (χ1v) is 6.04. The summed E-state index contributed by atoms with van der Waals surface area (Å²) in [4.78, 5) is 33.9. The van der Waals surface area contributed by atoms with E-state index in [2.05, 4.69) is 0 Å². The van der Waals surface area contributed by atoms with Crippen molar-refractivity contribution >= 4 is 17.7 Å². The van der Waals surface area contributed by atoms with E-state index in [1.807, 2.05) is 0 Å². The fourth-order valence-electron chi connectivity index (χ4n) is 2.05. The number of non-ortho nitro benzene ring substituents is 1. The number of benzene rings is 1. The van der Waals surface area contributed by atoms with Crippen molar-refractivity contribution in [1.82, 2.24) is 4.90 Å². The van der Waals surface area contributed by atoms with Crippen molar-refractivity contribution < 1.29 is 23.6 Å². The summed E-state index contributed by atoms with van der Waals surface area (Å²) in [6.45, 7) is -0.278. The Kier molecular flexibility index (Phi) is 4.01. The van der Waals surface area contributed by atoms with Crippen LogP contribution in [0.4, 0.5) is 14.9 Å². The Morgan fingerprint density at radius 2 is 2.00 bits per heavy atom. The summed E-state index contributed by atoms with van der Waals surface area (Å²) in [6.07, 6.45) is -2.43. The van der Waals surface area contributed by atoms with Gasteiger partial charge in [0.1, 0.15) is 18.0 Å². The van der Waals surface area contributed by atoms with Crippen LogP contribution in [0.15, 0.2) is 24.3 Å². The number of alkyl halides is 1. The molecule has 1 heterocycles. The quantitative estimate of drug-likeness (QED) is 0.659. The van der Waals surface area contributed by atoms with E-state index in [9.17, 15) is 24.1 Å². The minimum Gasteiger partial charge on any atom is -0.410 e. The minimum absolute atomic E-state index is 0.0520. The van der Waals surface area contributed by atoms with E-state index in [0.717, 1.165) is 17.0 Å². The van der Waals surface area contributed by atoms with Crippen molar-refractivity contribution in [3.8, 4) is 5.75 Å². The number of nitrogens with two attached hydrogens (primary N) is 1. The van der Waals surface area contributed by atoms with Crippen molar-refractivity contribution in [2.24, 2.45) is 5.73 Å². The van der Waals surface area contributed by atoms with Gasteiger partial charge in [-0.05, 0) is 12.1 Å². The maximum atomic E-state index is 13.3. The van der Waals surface area contributed by atoms with Crippen molar-refractivity contribution in [2.45, 2.75) is 18.6 Å². The smallest absolute Gasteiger partial charge is 0.410 e. The number of likely N-dealkylation sites (tertiary alicyclic amines) is 1. The number of halogens is 1. The molecule has 0 aliphatic carbocycles. The highest BCUT2D eigenvalue weighted by Gasteiger charge is 2.39. The second-order valence-electron chi connectivity index (χ2n) is 4.52. The number of nitro benzene ring substituents is 1. The Labute approximate surface area is 118 Å². The normalized spacial score (nSPS) is 21.1. The number of hydrogen-bond donors (Lipinski definition) is 1. The van der Waals surface area contributed by atoms with Crippen LogP contribution in [0.5, 0.6) is 5.75 Å². The summed E-state index contributed by atoms with van der Waals surface area (Å²) in [6, 6.07) is 3.74. The molecular formula is C12H12FN3O5. The van der Waals surface area contributed by atoms with Gasteiger partial charge in [0.2, 0.25) is 5.91 Å². The van der Waals surface area contributed by atoms with Crippen molar-refractivity contribution in [3.63, 3.8) is 0 Å². The second kappa shape index (κ2) is 5.73. The zero-order valence-electron chi connectivity index (χ0n) is 10.8. The zero-order valence-corrected chi connectivity index (χ0v) is 10.8. The lowest BCUT2D eigenvalue weighted by molar-refractivity contribution is -0.384. The molecule has 2 amide bonds. The Hall–Kier alpha value is -2.71. The predicted octanol–water partition coefficient (Wildman–Crippen LogP) is 0.991. The molecule has 0 radical (unpaired) electrons. The number of primary amides is 1. The average molecular weight is 297 g/mol. The van der Waals surface area contributed by atoms with Crippen LogP contribution in [-0.4, -0.2) is 40.6 Å². The molecule has 1 fully saturated rings. The molecule has 21 heavy (non-hydrogen) atoms. The van der Waals surface area contributed by atoms with Crippen LogP contribution in [0.3, 0.4) is 0 Å². The van der Waals surface area contributed by atoms with Gasteiger partial charge in [0.05, 0.1) is 11.5 Å². The summed E-state index contributed by atoms with van der Waals surface area (Å²) in [5, 5.41) is 10.5. The first kappa shape index (κ1) is 14.7. The highest BCUT2D eigenvalue weighted by Crippen LogP contribution is 2.23. The molecule has 0 bridgehead atoms. The van der Waals surface area contributed by atoms with E-state index in [1.165, 1.54) is 12.1 Å². The van der Waals surface area contributed by atoms with Gasteiger partial charge in [0.15, 0.2) is 0 Å². The third-order valence-corrected chi connectivity index (χ3v) is 3.07. The third-order valence-electron chi connectivity index (χ3n) is 3.07. The van der Waals surface area contributed by atoms with E-state index < -0.39 is 29.1 Å². The largest absolute Gasteiger partial charge is 0.416 e. The molecule has 1 saturated heterocycles. The van der Waals surface area contributed by atoms with E-state index in [4.69, 9.17) is 10.5 Å². The van der Waals surface area contributed by atoms with Crippen LogP contribution in [0.1, 0.15) is 6.42 Å². The number of carbonyl (C=O) groups is 2. The van der Waals surface area contributed by atoms with Crippen LogP contribution in [0.25, 0.3) is 0 Å². The molecule has 9 heteroatoms. The van der Waals surface area contributed by atoms with Gasteiger partial charge < -0.3 is 10.5 Å². The van der Waals surface area contributed by atoms with Crippen LogP contribution in [-0.2, 0) is 4.79 Å². The fraction of sp³-hybridized carbons (Fsp3) is 0.333. The predicted molar refractivity (Wildman–Crippen MR) is 68.3 cm³/mol. The molecule has 112 valence electrons. The van der Waals surface area contributed by atoms with Crippen LogP contribution in [0.2, 0.25) is 0 Å². The summed E-state index contributed by atoms with van der Waals surface area (Å²) >= 11 is 0. The van der Waals surface area contributed by atoms with Gasteiger partial charge in [-0.2, -0.15) is 0 Å². The number of amides is 2. The Morgan fingerprint density at radius 3 is 2.52 bits per heavy atom. The maximum absolute atomic E-state index is 13.3. The Balaban J connectivity index is 2.06. The van der Waals surface area contributed by atoms with Gasteiger partial charge in [-0.25, -0.2) is 9.18 Å². The Morgan fingerprint density at radius 1 is 1.38 bits per heavy atom. The molecule has 0 saturated carbocycles. The van der Waals surface area contributed by atoms with Crippen LogP contribution >= 0.6 is 0 Å². The van der Waals surface area contributed by atoms with Crippen LogP contribution < -0.4 is 10.5 Å². The van der Waals surface area contributed by atoms with Crippen molar-refractivity contribution in [2.75, 3.05) is 6.54 Å². The monoisotopic (exact) mass is 297 g/mol. The molecule has 2 atom stereocenters. The van der Waals surface area contributed by atoms with E-state index >= 15 is 0 Å². The molecule has 1 aromatic carbocycles. The molecule has 2 N–H and O–H groups in total. The lowest BCUT2D eigenvalue weighted by Crippen LogP contribution is -2.45. The summed E-state index contributed by atoms with van der Waals surface area (Å²) < 4.78 is 18.2. The Bertz CT molecular complexity index is 577. The average Bonchev–Trinajstić information content (AvgIpc) is 2.82. The fourth-order valence-corrected chi connectivity index (χ4v) is 2.05. The molecule has 0 unspecified atom stereocenters. The topological polar surface area (TPSA) is 116 Å². The standard InChI is InChI=1S/C12H12FN3O5/c13-7-5-10(11(14)17)15(6-7)12(18)21-9-3-1-8(2-4-9)16(19)20/h1-4,7,10H,5-6H2,(H2,14,17)/t7-,10-/m0/s1. The van der Waals surface area contributed by atoms with Gasteiger partial charge in [-0.3, -0.25) is 19.8 Å². The maximum Gasteiger partial charge on any atom is 0.416 e. The second-order valence-corrected chi connectivity index (χ2v) is 4.52. The third kappa shape index (κ3) is 3.25. The van der Waals surface area contributed by atoms with E-state index in [0.29, 0.717) is 0 Å². The summed E-state index contributed by atoms with van der Waals surface area (Å²) in [5.74, 6) is -0.757. The van der Waals surface area contributed by atoms with Crippen molar-refractivity contribution in [3.05, 3.63) is 34.4 Å². The first-order valence-electron chi connectivity index (χ1n) is 6.04. The highest BCUT2D eigenvalue weighted by atomic mass is 19.1. The van der Waals surface area contributed by atoms with Gasteiger partial charge in [-0.1, -0.05) is 0 Å². The first-order chi connectivity index (χ1) is 9.88. The lowest BCUT2D eigenvalue weighted by Gasteiger charge is -2.20. The van der Waals surface area contributed by atoms with Gasteiger partial charge in [0, 0.05) is 18.6 Å².